The Morgan fingerprint density at radius 3 is 2.10 bits per heavy atom. The molecule has 6 nitrogen and oxygen atoms in total. The molecule has 0 aromatic heterocycles. The molecule has 0 radical (unpaired) electrons. The lowest BCUT2D eigenvalue weighted by atomic mass is 10.0. The number of hydrogen-bond donors (Lipinski definition) is 1. The van der Waals surface area contributed by atoms with Crippen molar-refractivity contribution < 1.29 is 23.9 Å². The Balaban J connectivity index is 1.78. The minimum Gasteiger partial charge on any atom is -0.457 e. The summed E-state index contributed by atoms with van der Waals surface area (Å²) in [6, 6.07) is 12.1. The van der Waals surface area contributed by atoms with Crippen molar-refractivity contribution >= 4 is 23.4 Å². The molecule has 1 amide bonds. The number of nitrogens with one attached hydrogen (secondary N) is 1. The molecule has 2 aromatic rings. The number of ether oxygens (including phenoxy) is 1. The summed E-state index contributed by atoms with van der Waals surface area (Å²) in [5.74, 6) is -1.18. The van der Waals surface area contributed by atoms with Gasteiger partial charge in [0.2, 0.25) is 5.91 Å². The zero-order valence-corrected chi connectivity index (χ0v) is 16.9. The molecular weight excluding hydrogens is 370 g/mol. The third-order valence-electron chi connectivity index (χ3n) is 4.57. The van der Waals surface area contributed by atoms with Gasteiger partial charge in [0.15, 0.2) is 18.2 Å². The predicted octanol–water partition coefficient (Wildman–Crippen LogP) is 3.33. The van der Waals surface area contributed by atoms with E-state index in [1.54, 1.807) is 30.3 Å². The third-order valence-corrected chi connectivity index (χ3v) is 4.57. The molecule has 0 aliphatic heterocycles. The first kappa shape index (κ1) is 22.0. The molecule has 0 aliphatic rings. The summed E-state index contributed by atoms with van der Waals surface area (Å²) in [6.45, 7) is 5.34. The summed E-state index contributed by atoms with van der Waals surface area (Å²) in [5, 5.41) is 2.67. The van der Waals surface area contributed by atoms with Crippen LogP contribution in [-0.2, 0) is 20.9 Å². The van der Waals surface area contributed by atoms with Crippen molar-refractivity contribution in [2.75, 3.05) is 6.61 Å². The number of Topliss-reactive ketones (excluding diaryl/α,β-unsaturated/α-hetero) is 2. The number of amides is 1. The Bertz CT molecular complexity index is 915. The van der Waals surface area contributed by atoms with E-state index in [2.05, 4.69) is 5.32 Å². The van der Waals surface area contributed by atoms with E-state index in [1.165, 1.54) is 6.92 Å². The summed E-state index contributed by atoms with van der Waals surface area (Å²) in [6.07, 6.45) is -0.0396. The minimum atomic E-state index is -0.585. The summed E-state index contributed by atoms with van der Waals surface area (Å²) >= 11 is 0. The van der Waals surface area contributed by atoms with Gasteiger partial charge < -0.3 is 10.1 Å². The summed E-state index contributed by atoms with van der Waals surface area (Å²) in [7, 11) is 0. The molecule has 0 heterocycles. The van der Waals surface area contributed by atoms with Crippen molar-refractivity contribution in [3.63, 3.8) is 0 Å². The first-order chi connectivity index (χ1) is 13.8. The van der Waals surface area contributed by atoms with Crippen molar-refractivity contribution in [3.05, 3.63) is 70.3 Å². The van der Waals surface area contributed by atoms with Gasteiger partial charge in [-0.2, -0.15) is 0 Å². The molecule has 6 heteroatoms. The number of ketones is 2. The van der Waals surface area contributed by atoms with E-state index in [4.69, 9.17) is 4.74 Å². The van der Waals surface area contributed by atoms with Crippen LogP contribution < -0.4 is 5.32 Å². The zero-order valence-electron chi connectivity index (χ0n) is 16.9. The highest BCUT2D eigenvalue weighted by Gasteiger charge is 2.13. The standard InChI is InChI=1S/C23H25NO5/c1-15-4-7-20(12-16(15)2)21(26)10-11-23(28)29-14-22(27)19-8-5-18(6-9-19)13-24-17(3)25/h4-9,12H,10-11,13-14H2,1-3H3,(H,24,25). The first-order valence-corrected chi connectivity index (χ1v) is 9.39. The second-order valence-corrected chi connectivity index (χ2v) is 6.91. The fourth-order valence-corrected chi connectivity index (χ4v) is 2.61. The molecule has 29 heavy (non-hydrogen) atoms. The van der Waals surface area contributed by atoms with Gasteiger partial charge in [0.05, 0.1) is 6.42 Å². The zero-order chi connectivity index (χ0) is 21.4. The second kappa shape index (κ2) is 10.3. The second-order valence-electron chi connectivity index (χ2n) is 6.91. The SMILES string of the molecule is CC(=O)NCc1ccc(C(=O)COC(=O)CCC(=O)c2ccc(C)c(C)c2)cc1. The molecule has 2 rings (SSSR count). The first-order valence-electron chi connectivity index (χ1n) is 9.39. The predicted molar refractivity (Wildman–Crippen MR) is 109 cm³/mol. The molecule has 0 bridgehead atoms. The number of esters is 1. The molecule has 152 valence electrons. The topological polar surface area (TPSA) is 89.5 Å². The number of aryl methyl sites for hydroxylation is 2. The fraction of sp³-hybridized carbons (Fsp3) is 0.304. The van der Waals surface area contributed by atoms with Crippen LogP contribution in [0.1, 0.15) is 57.2 Å². The van der Waals surface area contributed by atoms with E-state index in [0.717, 1.165) is 16.7 Å². The van der Waals surface area contributed by atoms with E-state index in [9.17, 15) is 19.2 Å². The Labute approximate surface area is 170 Å². The lowest BCUT2D eigenvalue weighted by Gasteiger charge is -2.07. The number of hydrogen-bond acceptors (Lipinski definition) is 5. The van der Waals surface area contributed by atoms with Crippen molar-refractivity contribution in [1.29, 1.82) is 0 Å². The monoisotopic (exact) mass is 395 g/mol. The lowest BCUT2D eigenvalue weighted by Crippen LogP contribution is -2.19. The molecule has 0 saturated carbocycles. The van der Waals surface area contributed by atoms with Crippen molar-refractivity contribution in [3.8, 4) is 0 Å². The van der Waals surface area contributed by atoms with Gasteiger partial charge >= 0.3 is 5.97 Å². The maximum absolute atomic E-state index is 12.2. The van der Waals surface area contributed by atoms with Crippen LogP contribution in [0.25, 0.3) is 0 Å². The largest absolute Gasteiger partial charge is 0.457 e. The average Bonchev–Trinajstić information content (AvgIpc) is 2.71. The minimum absolute atomic E-state index is 0.0351. The number of benzene rings is 2. The van der Waals surface area contributed by atoms with E-state index in [1.807, 2.05) is 26.0 Å². The molecule has 0 saturated heterocycles. The van der Waals surface area contributed by atoms with Crippen LogP contribution >= 0.6 is 0 Å². The number of carbonyl (C=O) groups is 4. The molecule has 0 atom stereocenters. The lowest BCUT2D eigenvalue weighted by molar-refractivity contribution is -0.142. The molecule has 0 spiro atoms. The molecule has 0 aliphatic carbocycles. The quantitative estimate of drug-likeness (QED) is 0.520. The molecule has 0 unspecified atom stereocenters. The Morgan fingerprint density at radius 1 is 0.828 bits per heavy atom. The van der Waals surface area contributed by atoms with Gasteiger partial charge in [-0.25, -0.2) is 0 Å². The maximum Gasteiger partial charge on any atom is 0.306 e. The summed E-state index contributed by atoms with van der Waals surface area (Å²) in [5.41, 5.74) is 3.96. The Hall–Kier alpha value is -3.28. The highest BCUT2D eigenvalue weighted by atomic mass is 16.5. The van der Waals surface area contributed by atoms with Crippen LogP contribution in [0, 0.1) is 13.8 Å². The summed E-state index contributed by atoms with van der Waals surface area (Å²) in [4.78, 5) is 47.1. The normalized spacial score (nSPS) is 10.3. The van der Waals surface area contributed by atoms with E-state index in [0.29, 0.717) is 17.7 Å². The van der Waals surface area contributed by atoms with Crippen molar-refractivity contribution in [2.24, 2.45) is 0 Å². The Morgan fingerprint density at radius 2 is 1.48 bits per heavy atom. The summed E-state index contributed by atoms with van der Waals surface area (Å²) < 4.78 is 5.00. The number of carbonyl (C=O) groups excluding carboxylic acids is 4. The van der Waals surface area contributed by atoms with Crippen molar-refractivity contribution in [1.82, 2.24) is 5.32 Å². The van der Waals surface area contributed by atoms with Crippen LogP contribution in [0.2, 0.25) is 0 Å². The maximum atomic E-state index is 12.2. The van der Waals surface area contributed by atoms with Crippen LogP contribution in [0.4, 0.5) is 0 Å². The van der Waals surface area contributed by atoms with Crippen molar-refractivity contribution in [2.45, 2.75) is 40.2 Å². The van der Waals surface area contributed by atoms with Crippen LogP contribution in [0.3, 0.4) is 0 Å². The van der Waals surface area contributed by atoms with Gasteiger partial charge in [-0.1, -0.05) is 36.4 Å². The van der Waals surface area contributed by atoms with Gasteiger partial charge in [-0.05, 0) is 36.6 Å². The van der Waals surface area contributed by atoms with Crippen LogP contribution in [0.15, 0.2) is 42.5 Å². The molecule has 0 fully saturated rings. The van der Waals surface area contributed by atoms with Gasteiger partial charge in [-0.15, -0.1) is 0 Å². The number of rotatable bonds is 9. The third kappa shape index (κ3) is 6.99. The Kier molecular flexibility index (Phi) is 7.83. The molecule has 2 aromatic carbocycles. The van der Waals surface area contributed by atoms with Gasteiger partial charge in [-0.3, -0.25) is 19.2 Å². The van der Waals surface area contributed by atoms with Crippen LogP contribution in [0.5, 0.6) is 0 Å². The highest BCUT2D eigenvalue weighted by Crippen LogP contribution is 2.13. The van der Waals surface area contributed by atoms with E-state index < -0.39 is 5.97 Å². The molecular formula is C23H25NO5. The van der Waals surface area contributed by atoms with Gasteiger partial charge in [0.1, 0.15) is 0 Å². The van der Waals surface area contributed by atoms with Gasteiger partial charge in [0, 0.05) is 31.0 Å². The average molecular weight is 395 g/mol. The van der Waals surface area contributed by atoms with Gasteiger partial charge in [0.25, 0.3) is 0 Å². The molecule has 1 N–H and O–H groups in total. The van der Waals surface area contributed by atoms with E-state index in [-0.39, 0.29) is 36.9 Å². The van der Waals surface area contributed by atoms with E-state index >= 15 is 0 Å². The fourth-order valence-electron chi connectivity index (χ4n) is 2.61. The van der Waals surface area contributed by atoms with Crippen LogP contribution in [-0.4, -0.2) is 30.0 Å². The smallest absolute Gasteiger partial charge is 0.306 e. The highest BCUT2D eigenvalue weighted by molar-refractivity contribution is 5.99.